The van der Waals surface area contributed by atoms with Gasteiger partial charge in [0, 0.05) is 17.2 Å². The summed E-state index contributed by atoms with van der Waals surface area (Å²) in [6.07, 6.45) is 0.677. The molecule has 0 fully saturated rings. The van der Waals surface area contributed by atoms with Crippen LogP contribution in [-0.2, 0) is 12.8 Å². The van der Waals surface area contributed by atoms with Gasteiger partial charge in [0.05, 0.1) is 5.02 Å². The van der Waals surface area contributed by atoms with E-state index in [0.29, 0.717) is 40.7 Å². The lowest BCUT2D eigenvalue weighted by atomic mass is 9.91. The molecule has 6 heteroatoms. The van der Waals surface area contributed by atoms with Crippen molar-refractivity contribution in [3.63, 3.8) is 0 Å². The van der Waals surface area contributed by atoms with E-state index in [9.17, 15) is 18.7 Å². The Hall–Kier alpha value is -2.92. The van der Waals surface area contributed by atoms with Crippen LogP contribution in [0.25, 0.3) is 11.1 Å². The van der Waals surface area contributed by atoms with E-state index < -0.39 is 17.5 Å². The minimum atomic E-state index is -0.629. The summed E-state index contributed by atoms with van der Waals surface area (Å²) in [6, 6.07) is 10.3. The SMILES string of the molecule is Cc1ccc(C(N)=O)cc1-c1c(C)cc(CCc2ccc(F)cc2F)c(Cl)c1O. The molecule has 3 aromatic rings. The number of primary amides is 1. The summed E-state index contributed by atoms with van der Waals surface area (Å²) in [4.78, 5) is 11.5. The van der Waals surface area contributed by atoms with Crippen LogP contribution in [0.1, 0.15) is 32.6 Å². The second-order valence-corrected chi connectivity index (χ2v) is 7.40. The van der Waals surface area contributed by atoms with Crippen LogP contribution in [0.2, 0.25) is 5.02 Å². The number of halogens is 3. The van der Waals surface area contributed by atoms with Gasteiger partial charge in [-0.1, -0.05) is 29.8 Å². The monoisotopic (exact) mass is 415 g/mol. The summed E-state index contributed by atoms with van der Waals surface area (Å²) in [5.74, 6) is -1.91. The summed E-state index contributed by atoms with van der Waals surface area (Å²) in [5, 5.41) is 10.9. The van der Waals surface area contributed by atoms with Gasteiger partial charge < -0.3 is 10.8 Å². The number of hydrogen-bond acceptors (Lipinski definition) is 2. The molecule has 0 saturated heterocycles. The van der Waals surface area contributed by atoms with E-state index in [-0.39, 0.29) is 10.8 Å². The number of hydrogen-bond donors (Lipinski definition) is 2. The number of amides is 1. The molecule has 0 bridgehead atoms. The van der Waals surface area contributed by atoms with Crippen molar-refractivity contribution in [1.82, 2.24) is 0 Å². The fourth-order valence-corrected chi connectivity index (χ4v) is 3.65. The molecule has 3 N–H and O–H groups in total. The maximum absolute atomic E-state index is 13.9. The molecule has 1 amide bonds. The minimum Gasteiger partial charge on any atom is -0.506 e. The zero-order valence-corrected chi connectivity index (χ0v) is 16.8. The molecule has 3 aromatic carbocycles. The summed E-state index contributed by atoms with van der Waals surface area (Å²) in [6.45, 7) is 3.68. The third-order valence-electron chi connectivity index (χ3n) is 4.98. The summed E-state index contributed by atoms with van der Waals surface area (Å²) in [7, 11) is 0. The highest BCUT2D eigenvalue weighted by Crippen LogP contribution is 2.42. The molecule has 0 atom stereocenters. The van der Waals surface area contributed by atoms with Gasteiger partial charge >= 0.3 is 0 Å². The van der Waals surface area contributed by atoms with Gasteiger partial charge in [-0.15, -0.1) is 0 Å². The topological polar surface area (TPSA) is 63.3 Å². The van der Waals surface area contributed by atoms with Crippen molar-refractivity contribution in [2.45, 2.75) is 26.7 Å². The van der Waals surface area contributed by atoms with Crippen LogP contribution in [0.15, 0.2) is 42.5 Å². The summed E-state index contributed by atoms with van der Waals surface area (Å²) in [5.41, 5.74) is 9.52. The zero-order valence-electron chi connectivity index (χ0n) is 16.0. The first kappa shape index (κ1) is 20.8. The number of phenolic OH excluding ortho intramolecular Hbond substituents is 1. The number of rotatable bonds is 5. The van der Waals surface area contributed by atoms with E-state index in [1.165, 1.54) is 12.1 Å². The fraction of sp³-hybridized carbons (Fsp3) is 0.174. The maximum atomic E-state index is 13.9. The average Bonchev–Trinajstić information content (AvgIpc) is 2.66. The Kier molecular flexibility index (Phi) is 5.89. The zero-order chi connectivity index (χ0) is 21.3. The quantitative estimate of drug-likeness (QED) is 0.578. The second-order valence-electron chi connectivity index (χ2n) is 7.02. The average molecular weight is 416 g/mol. The lowest BCUT2D eigenvalue weighted by Crippen LogP contribution is -2.11. The molecule has 0 radical (unpaired) electrons. The maximum Gasteiger partial charge on any atom is 0.248 e. The largest absolute Gasteiger partial charge is 0.506 e. The molecule has 0 heterocycles. The van der Waals surface area contributed by atoms with Crippen molar-refractivity contribution < 1.29 is 18.7 Å². The van der Waals surface area contributed by atoms with Crippen LogP contribution in [0.5, 0.6) is 5.75 Å². The number of carbonyl (C=O) groups excluding carboxylic acids is 1. The smallest absolute Gasteiger partial charge is 0.248 e. The first-order valence-electron chi connectivity index (χ1n) is 9.04. The van der Waals surface area contributed by atoms with E-state index >= 15 is 0 Å². The predicted octanol–water partition coefficient (Wildman–Crippen LogP) is 5.49. The van der Waals surface area contributed by atoms with Crippen LogP contribution in [0, 0.1) is 25.5 Å². The molecule has 0 saturated carbocycles. The number of aromatic hydroxyl groups is 1. The molecular formula is C23H20ClF2NO2. The van der Waals surface area contributed by atoms with Gasteiger partial charge in [0.15, 0.2) is 0 Å². The molecule has 150 valence electrons. The van der Waals surface area contributed by atoms with Crippen LogP contribution < -0.4 is 5.73 Å². The van der Waals surface area contributed by atoms with E-state index in [0.717, 1.165) is 17.2 Å². The second kappa shape index (κ2) is 8.21. The van der Waals surface area contributed by atoms with E-state index in [2.05, 4.69) is 0 Å². The lowest BCUT2D eigenvalue weighted by molar-refractivity contribution is 0.100. The molecule has 0 aliphatic carbocycles. The third kappa shape index (κ3) is 4.25. The summed E-state index contributed by atoms with van der Waals surface area (Å²) < 4.78 is 27.0. The van der Waals surface area contributed by atoms with Crippen LogP contribution in [0.3, 0.4) is 0 Å². The fourth-order valence-electron chi connectivity index (χ4n) is 3.41. The van der Waals surface area contributed by atoms with Gasteiger partial charge in [0.25, 0.3) is 0 Å². The standard InChI is InChI=1S/C23H20ClF2NO2/c1-12-3-4-16(23(27)29)10-18(12)20-13(2)9-15(21(24)22(20)28)6-5-14-7-8-17(25)11-19(14)26/h3-4,7-11,28H,5-6H2,1-2H3,(H2,27,29). The van der Waals surface area contributed by atoms with Crippen molar-refractivity contribution in [3.8, 4) is 16.9 Å². The van der Waals surface area contributed by atoms with E-state index in [1.54, 1.807) is 18.2 Å². The van der Waals surface area contributed by atoms with E-state index in [1.807, 2.05) is 19.9 Å². The molecule has 3 rings (SSSR count). The van der Waals surface area contributed by atoms with Crippen molar-refractivity contribution >= 4 is 17.5 Å². The molecule has 0 spiro atoms. The molecule has 3 nitrogen and oxygen atoms in total. The summed E-state index contributed by atoms with van der Waals surface area (Å²) >= 11 is 6.41. The number of nitrogens with two attached hydrogens (primary N) is 1. The minimum absolute atomic E-state index is 0.106. The number of benzene rings is 3. The predicted molar refractivity (Wildman–Crippen MR) is 110 cm³/mol. The van der Waals surface area contributed by atoms with Gasteiger partial charge in [-0.25, -0.2) is 8.78 Å². The van der Waals surface area contributed by atoms with Gasteiger partial charge in [0.1, 0.15) is 17.4 Å². The Labute approximate surface area is 172 Å². The first-order valence-corrected chi connectivity index (χ1v) is 9.42. The van der Waals surface area contributed by atoms with Crippen molar-refractivity contribution in [2.24, 2.45) is 5.73 Å². The molecule has 0 aliphatic heterocycles. The van der Waals surface area contributed by atoms with Crippen LogP contribution in [0.4, 0.5) is 8.78 Å². The molecule has 29 heavy (non-hydrogen) atoms. The number of carbonyl (C=O) groups is 1. The van der Waals surface area contributed by atoms with Crippen molar-refractivity contribution in [1.29, 1.82) is 0 Å². The Bertz CT molecular complexity index is 1110. The highest BCUT2D eigenvalue weighted by molar-refractivity contribution is 6.33. The highest BCUT2D eigenvalue weighted by atomic mass is 35.5. The highest BCUT2D eigenvalue weighted by Gasteiger charge is 2.18. The Morgan fingerprint density at radius 2 is 1.69 bits per heavy atom. The number of aryl methyl sites for hydroxylation is 4. The Balaban J connectivity index is 1.99. The van der Waals surface area contributed by atoms with Crippen LogP contribution >= 0.6 is 11.6 Å². The van der Waals surface area contributed by atoms with Gasteiger partial charge in [-0.2, -0.15) is 0 Å². The molecule has 0 aromatic heterocycles. The lowest BCUT2D eigenvalue weighted by Gasteiger charge is -2.17. The van der Waals surface area contributed by atoms with Gasteiger partial charge in [0.2, 0.25) is 5.91 Å². The van der Waals surface area contributed by atoms with E-state index in [4.69, 9.17) is 17.3 Å². The Morgan fingerprint density at radius 3 is 2.34 bits per heavy atom. The molecule has 0 aliphatic rings. The molecule has 0 unspecified atom stereocenters. The third-order valence-corrected chi connectivity index (χ3v) is 5.40. The van der Waals surface area contributed by atoms with Crippen molar-refractivity contribution in [2.75, 3.05) is 0 Å². The number of phenols is 1. The normalized spacial score (nSPS) is 10.9. The van der Waals surface area contributed by atoms with Crippen LogP contribution in [-0.4, -0.2) is 11.0 Å². The molecular weight excluding hydrogens is 396 g/mol. The van der Waals surface area contributed by atoms with Gasteiger partial charge in [-0.3, -0.25) is 4.79 Å². The Morgan fingerprint density at radius 1 is 1.00 bits per heavy atom. The van der Waals surface area contributed by atoms with Gasteiger partial charge in [-0.05, 0) is 72.7 Å². The van der Waals surface area contributed by atoms with Crippen molar-refractivity contribution in [3.05, 3.63) is 86.9 Å². The first-order chi connectivity index (χ1) is 13.7.